The van der Waals surface area contributed by atoms with Crippen LogP contribution in [0.4, 0.5) is 0 Å². The van der Waals surface area contributed by atoms with Crippen LogP contribution < -0.4 is 4.72 Å². The highest BCUT2D eigenvalue weighted by molar-refractivity contribution is 7.90. The van der Waals surface area contributed by atoms with Gasteiger partial charge < -0.3 is 4.74 Å². The van der Waals surface area contributed by atoms with Gasteiger partial charge in [0.05, 0.1) is 21.9 Å². The van der Waals surface area contributed by atoms with Gasteiger partial charge in [-0.2, -0.15) is 0 Å². The number of fused-ring (bicyclic) bond motifs is 1. The molecule has 2 aromatic heterocycles. The van der Waals surface area contributed by atoms with Gasteiger partial charge in [-0.3, -0.25) is 14.8 Å². The highest BCUT2D eigenvalue weighted by atomic mass is 32.2. The van der Waals surface area contributed by atoms with Crippen LogP contribution in [0.15, 0.2) is 77.4 Å². The van der Waals surface area contributed by atoms with E-state index in [9.17, 15) is 13.2 Å². The molecule has 0 radical (unpaired) electrons. The quantitative estimate of drug-likeness (QED) is 0.416. The molecule has 0 saturated heterocycles. The molecule has 4 atom stereocenters. The monoisotopic (exact) mass is 545 g/mol. The predicted molar refractivity (Wildman–Crippen MR) is 152 cm³/mol. The maximum atomic E-state index is 14.3. The number of benzene rings is 1. The van der Waals surface area contributed by atoms with Gasteiger partial charge in [0, 0.05) is 41.4 Å². The van der Waals surface area contributed by atoms with Crippen molar-refractivity contribution in [1.82, 2.24) is 14.7 Å². The first-order valence-electron chi connectivity index (χ1n) is 13.2. The summed E-state index contributed by atoms with van der Waals surface area (Å²) in [7, 11) is -2.59. The number of aromatic nitrogens is 2. The van der Waals surface area contributed by atoms with Crippen LogP contribution >= 0.6 is 0 Å². The van der Waals surface area contributed by atoms with Gasteiger partial charge in [0.1, 0.15) is 0 Å². The molecule has 2 unspecified atom stereocenters. The lowest BCUT2D eigenvalue weighted by Gasteiger charge is -2.42. The Morgan fingerprint density at radius 1 is 1.13 bits per heavy atom. The number of hydrogen-bond acceptors (Lipinski definition) is 6. The van der Waals surface area contributed by atoms with Crippen molar-refractivity contribution in [3.63, 3.8) is 0 Å². The molecule has 1 aromatic carbocycles. The average molecular weight is 546 g/mol. The number of pyridine rings is 2. The number of ether oxygens (including phenoxy) is 1. The Hall–Kier alpha value is -3.36. The van der Waals surface area contributed by atoms with E-state index in [2.05, 4.69) is 28.5 Å². The molecule has 2 aliphatic carbocycles. The van der Waals surface area contributed by atoms with Crippen LogP contribution in [0.2, 0.25) is 0 Å². The maximum Gasteiger partial charge on any atom is 0.264 e. The first kappa shape index (κ1) is 27.2. The molecule has 8 heteroatoms. The predicted octanol–water partition coefficient (Wildman–Crippen LogP) is 5.58. The Balaban J connectivity index is 1.58. The van der Waals surface area contributed by atoms with Crippen molar-refractivity contribution in [3.05, 3.63) is 89.4 Å². The zero-order valence-electron chi connectivity index (χ0n) is 23.2. The molecule has 204 valence electrons. The van der Waals surface area contributed by atoms with Gasteiger partial charge in [-0.1, -0.05) is 56.7 Å². The smallest absolute Gasteiger partial charge is 0.264 e. The van der Waals surface area contributed by atoms with E-state index in [0.29, 0.717) is 17.3 Å². The number of nitrogens with one attached hydrogen (secondary N) is 1. The lowest BCUT2D eigenvalue weighted by molar-refractivity contribution is -0.131. The zero-order chi connectivity index (χ0) is 28.2. The Morgan fingerprint density at radius 3 is 2.56 bits per heavy atom. The third-order valence-corrected chi connectivity index (χ3v) is 9.77. The second-order valence-electron chi connectivity index (χ2n) is 11.3. The molecular weight excluding hydrogens is 510 g/mol. The van der Waals surface area contributed by atoms with E-state index in [1.807, 2.05) is 57.3 Å². The summed E-state index contributed by atoms with van der Waals surface area (Å²) in [6.07, 6.45) is 7.86. The minimum Gasteiger partial charge on any atom is -0.376 e. The molecule has 0 aliphatic heterocycles. The highest BCUT2D eigenvalue weighted by Crippen LogP contribution is 2.71. The van der Waals surface area contributed by atoms with Crippen LogP contribution in [-0.4, -0.2) is 37.5 Å². The fraction of sp³-hybridized carbons (Fsp3) is 0.387. The molecule has 2 heterocycles. The lowest BCUT2D eigenvalue weighted by Crippen LogP contribution is -2.50. The number of aryl methyl sites for hydroxylation is 1. The van der Waals surface area contributed by atoms with Gasteiger partial charge in [0.2, 0.25) is 5.91 Å². The molecule has 39 heavy (non-hydrogen) atoms. The fourth-order valence-electron chi connectivity index (χ4n) is 6.20. The molecule has 7 nitrogen and oxygen atoms in total. The molecule has 1 fully saturated rings. The molecule has 5 rings (SSSR count). The largest absolute Gasteiger partial charge is 0.376 e. The molecule has 1 saturated carbocycles. The summed E-state index contributed by atoms with van der Waals surface area (Å²) in [5.41, 5.74) is 2.36. The number of methoxy groups -OCH3 is 1. The number of amides is 1. The maximum absolute atomic E-state index is 14.3. The van der Waals surface area contributed by atoms with E-state index >= 15 is 0 Å². The summed E-state index contributed by atoms with van der Waals surface area (Å²) in [6, 6.07) is 12.4. The van der Waals surface area contributed by atoms with Crippen molar-refractivity contribution in [3.8, 4) is 0 Å². The summed E-state index contributed by atoms with van der Waals surface area (Å²) in [4.78, 5) is 23.4. The third kappa shape index (κ3) is 4.49. The normalized spacial score (nSPS) is 26.5. The van der Waals surface area contributed by atoms with Crippen LogP contribution in [0.5, 0.6) is 0 Å². The molecule has 1 N–H and O–H groups in total. The Labute approximate surface area is 230 Å². The van der Waals surface area contributed by atoms with Gasteiger partial charge in [0.25, 0.3) is 10.0 Å². The van der Waals surface area contributed by atoms with E-state index in [4.69, 9.17) is 4.74 Å². The Morgan fingerprint density at radius 2 is 1.90 bits per heavy atom. The zero-order valence-corrected chi connectivity index (χ0v) is 24.0. The number of hydrogen-bond donors (Lipinski definition) is 1. The highest BCUT2D eigenvalue weighted by Gasteiger charge is 2.71. The molecule has 0 bridgehead atoms. The number of carbonyl (C=O) groups is 1. The number of nitrogens with zero attached hydrogens (tertiary/aromatic N) is 2. The summed E-state index contributed by atoms with van der Waals surface area (Å²) in [6.45, 7) is 9.98. The lowest BCUT2D eigenvalue weighted by atomic mass is 9.65. The van der Waals surface area contributed by atoms with Gasteiger partial charge in [-0.25, -0.2) is 13.1 Å². The van der Waals surface area contributed by atoms with E-state index in [1.54, 1.807) is 31.4 Å². The summed E-state index contributed by atoms with van der Waals surface area (Å²) in [5.74, 6) is -0.488. The van der Waals surface area contributed by atoms with E-state index in [1.165, 1.54) is 6.07 Å². The van der Waals surface area contributed by atoms with E-state index in [0.717, 1.165) is 22.5 Å². The van der Waals surface area contributed by atoms with Crippen molar-refractivity contribution in [2.45, 2.75) is 63.9 Å². The number of allylic oxidation sites excluding steroid dienone is 2. The minimum absolute atomic E-state index is 0.0276. The van der Waals surface area contributed by atoms with Crippen LogP contribution in [0.25, 0.3) is 10.9 Å². The molecule has 1 amide bonds. The van der Waals surface area contributed by atoms with Crippen LogP contribution in [0.1, 0.15) is 62.9 Å². The van der Waals surface area contributed by atoms with Gasteiger partial charge in [-0.05, 0) is 62.1 Å². The SMILES string of the molecule is COC1C=CC(C)=CC1(C)[C@]1(C(=O)NS(=O)(=O)c2cccc3nc(C)ccc23)C[C@@H]1c1ccc(C(C)C)nc1. The van der Waals surface area contributed by atoms with Crippen molar-refractivity contribution < 1.29 is 17.9 Å². The van der Waals surface area contributed by atoms with Crippen molar-refractivity contribution in [2.75, 3.05) is 7.11 Å². The summed E-state index contributed by atoms with van der Waals surface area (Å²) in [5, 5.41) is 0.468. The summed E-state index contributed by atoms with van der Waals surface area (Å²) < 4.78 is 35.8. The first-order valence-corrected chi connectivity index (χ1v) is 14.7. The number of rotatable bonds is 7. The molecule has 3 aromatic rings. The average Bonchev–Trinajstić information content (AvgIpc) is 3.66. The second kappa shape index (κ2) is 9.68. The van der Waals surface area contributed by atoms with Crippen LogP contribution in [0, 0.1) is 17.8 Å². The number of carbonyl (C=O) groups excluding carboxylic acids is 1. The topological polar surface area (TPSA) is 98.2 Å². The Bertz CT molecular complexity index is 1610. The first-order chi connectivity index (χ1) is 18.4. The van der Waals surface area contributed by atoms with Crippen molar-refractivity contribution in [1.29, 1.82) is 0 Å². The molecule has 2 aliphatic rings. The Kier molecular flexibility index (Phi) is 6.75. The number of sulfonamides is 1. The van der Waals surface area contributed by atoms with Gasteiger partial charge in [0.15, 0.2) is 0 Å². The fourth-order valence-corrected chi connectivity index (χ4v) is 7.46. The molecular formula is C31H35N3O4S. The van der Waals surface area contributed by atoms with Crippen LogP contribution in [0.3, 0.4) is 0 Å². The second-order valence-corrected chi connectivity index (χ2v) is 12.9. The standard InChI is InChI=1S/C31H35N3O4S/c1-19(2)25-14-12-22(18-32-25)24-17-31(24,30(5)16-20(3)10-15-28(30)38-6)29(35)34-39(36,37)27-9-7-8-26-23(27)13-11-21(4)33-26/h7-16,18-19,24,28H,17H2,1-6H3,(H,34,35)/t24-,28?,30?,31-/m1/s1. The van der Waals surface area contributed by atoms with Crippen molar-refractivity contribution >= 4 is 26.8 Å². The van der Waals surface area contributed by atoms with Gasteiger partial charge in [-0.15, -0.1) is 0 Å². The summed E-state index contributed by atoms with van der Waals surface area (Å²) >= 11 is 0. The third-order valence-electron chi connectivity index (χ3n) is 8.38. The van der Waals surface area contributed by atoms with Gasteiger partial charge >= 0.3 is 0 Å². The molecule has 0 spiro atoms. The minimum atomic E-state index is -4.20. The van der Waals surface area contributed by atoms with E-state index < -0.39 is 32.9 Å². The van der Waals surface area contributed by atoms with E-state index in [-0.39, 0.29) is 16.7 Å². The van der Waals surface area contributed by atoms with Crippen molar-refractivity contribution in [2.24, 2.45) is 10.8 Å². The van der Waals surface area contributed by atoms with Crippen LogP contribution in [-0.2, 0) is 19.6 Å².